The summed E-state index contributed by atoms with van der Waals surface area (Å²) in [7, 11) is -4.11. The number of halogens is 1. The largest absolute Gasteiger partial charge is 0.282 e. The molecular formula is C16H16ClN3O3S. The van der Waals surface area contributed by atoms with E-state index in [-0.39, 0.29) is 21.9 Å². The fraction of sp³-hybridized carbons (Fsp3) is 0.188. The Hall–Kier alpha value is -2.09. The summed E-state index contributed by atoms with van der Waals surface area (Å²) < 4.78 is 46.5. The van der Waals surface area contributed by atoms with E-state index in [1.54, 1.807) is 24.3 Å². The minimum absolute atomic E-state index is 0.0166. The molecular weight excluding hydrogens is 351 g/mol. The first kappa shape index (κ1) is 13.2. The number of nitrogens with two attached hydrogens (primary N) is 1. The molecule has 0 fully saturated rings. The van der Waals surface area contributed by atoms with E-state index in [2.05, 4.69) is 5.43 Å². The van der Waals surface area contributed by atoms with Crippen LogP contribution in [0.15, 0.2) is 47.4 Å². The zero-order chi connectivity index (χ0) is 20.0. The third-order valence-corrected chi connectivity index (χ3v) is 5.09. The lowest BCUT2D eigenvalue weighted by atomic mass is 10.1. The van der Waals surface area contributed by atoms with Gasteiger partial charge in [0.1, 0.15) is 4.90 Å². The van der Waals surface area contributed by atoms with E-state index in [1.165, 1.54) is 17.1 Å². The molecule has 1 unspecified atom stereocenters. The smallest absolute Gasteiger partial charge is 0.269 e. The molecule has 1 aliphatic rings. The normalized spacial score (nSPS) is 19.2. The first-order chi connectivity index (χ1) is 12.5. The fourth-order valence-corrected chi connectivity index (χ4v) is 3.63. The van der Waals surface area contributed by atoms with E-state index in [9.17, 15) is 13.2 Å². The maximum Gasteiger partial charge on any atom is 0.269 e. The lowest BCUT2D eigenvalue weighted by Crippen LogP contribution is -2.45. The summed E-state index contributed by atoms with van der Waals surface area (Å²) in [5.74, 6) is -0.678. The van der Waals surface area contributed by atoms with Crippen molar-refractivity contribution in [2.24, 2.45) is 5.14 Å². The van der Waals surface area contributed by atoms with Crippen LogP contribution >= 0.6 is 11.6 Å². The van der Waals surface area contributed by atoms with Gasteiger partial charge in [-0.15, -0.1) is 0 Å². The molecule has 1 atom stereocenters. The number of nitrogens with one attached hydrogen (secondary N) is 1. The molecule has 6 nitrogen and oxygen atoms in total. The Kier molecular flexibility index (Phi) is 3.35. The number of hydrogen-bond donors (Lipinski definition) is 2. The van der Waals surface area contributed by atoms with Gasteiger partial charge >= 0.3 is 0 Å². The maximum atomic E-state index is 12.7. The number of carbonyl (C=O) groups excluding carboxylic acids is 1. The second kappa shape index (κ2) is 6.08. The van der Waals surface area contributed by atoms with Gasteiger partial charge < -0.3 is 0 Å². The molecule has 3 N–H and O–H groups in total. The Morgan fingerprint density at radius 2 is 2.12 bits per heavy atom. The molecule has 0 bridgehead atoms. The second-order valence-electron chi connectivity index (χ2n) is 5.35. The summed E-state index contributed by atoms with van der Waals surface area (Å²) in [4.78, 5) is 12.3. The molecule has 0 spiro atoms. The molecule has 1 aliphatic heterocycles. The van der Waals surface area contributed by atoms with E-state index in [4.69, 9.17) is 20.9 Å². The summed E-state index contributed by atoms with van der Waals surface area (Å²) in [5.41, 5.74) is 3.91. The summed E-state index contributed by atoms with van der Waals surface area (Å²) in [5, 5.41) is 6.30. The van der Waals surface area contributed by atoms with Crippen LogP contribution in [0.3, 0.4) is 0 Å². The molecule has 8 heteroatoms. The Labute approximate surface area is 149 Å². The lowest BCUT2D eigenvalue weighted by molar-refractivity contribution is 0.0946. The molecule has 0 radical (unpaired) electrons. The second-order valence-corrected chi connectivity index (χ2v) is 7.29. The minimum atomic E-state index is -4.11. The first-order valence-corrected chi connectivity index (χ1v) is 8.91. The van der Waals surface area contributed by atoms with Crippen LogP contribution in [-0.4, -0.2) is 20.4 Å². The van der Waals surface area contributed by atoms with E-state index in [1.807, 2.05) is 0 Å². The molecule has 24 heavy (non-hydrogen) atoms. The van der Waals surface area contributed by atoms with Gasteiger partial charge in [-0.05, 0) is 43.1 Å². The number of hydrazine groups is 1. The topological polar surface area (TPSA) is 92.5 Å². The fourth-order valence-electron chi connectivity index (χ4n) is 2.56. The minimum Gasteiger partial charge on any atom is -0.282 e. The van der Waals surface area contributed by atoms with Gasteiger partial charge in [0.15, 0.2) is 0 Å². The number of benzene rings is 2. The summed E-state index contributed by atoms with van der Waals surface area (Å²) >= 11 is 5.83. The predicted octanol–water partition coefficient (Wildman–Crippen LogP) is 2.08. The van der Waals surface area contributed by atoms with E-state index in [0.717, 1.165) is 11.6 Å². The van der Waals surface area contributed by atoms with Crippen LogP contribution in [0.4, 0.5) is 5.69 Å². The predicted molar refractivity (Wildman–Crippen MR) is 92.4 cm³/mol. The average molecular weight is 370 g/mol. The van der Waals surface area contributed by atoms with Crippen molar-refractivity contribution in [3.05, 3.63) is 58.6 Å². The highest BCUT2D eigenvalue weighted by atomic mass is 35.5. The number of fused-ring (bicyclic) bond motifs is 1. The van der Waals surface area contributed by atoms with Crippen LogP contribution in [0.2, 0.25) is 5.02 Å². The number of sulfonamides is 1. The van der Waals surface area contributed by atoms with Gasteiger partial charge in [0, 0.05) is 9.68 Å². The summed E-state index contributed by atoms with van der Waals surface area (Å²) in [6.45, 7) is -2.34. The average Bonchev–Trinajstić information content (AvgIpc) is 2.93. The molecule has 2 aromatic carbocycles. The number of para-hydroxylation sites is 1. The van der Waals surface area contributed by atoms with E-state index >= 15 is 0 Å². The van der Waals surface area contributed by atoms with Gasteiger partial charge in [0.05, 0.1) is 16.8 Å². The van der Waals surface area contributed by atoms with Gasteiger partial charge in [-0.2, -0.15) is 0 Å². The number of hydrogen-bond acceptors (Lipinski definition) is 4. The monoisotopic (exact) mass is 369 g/mol. The summed E-state index contributed by atoms with van der Waals surface area (Å²) in [6.07, 6.45) is 0.246. The van der Waals surface area contributed by atoms with Gasteiger partial charge in [0.25, 0.3) is 5.91 Å². The highest BCUT2D eigenvalue weighted by molar-refractivity contribution is 7.89. The van der Waals surface area contributed by atoms with Crippen LogP contribution in [0.1, 0.15) is 26.9 Å². The number of amides is 1. The molecule has 3 rings (SSSR count). The standard InChI is InChI=1S/C16H16ClN3O3S/c1-10-8-11-4-2-3-5-14(11)20(10)19-16(21)12-6-7-13(17)15(9-12)24(18,22)23/h2-7,9-10H,8H2,1H3,(H,19,21)(H2,18,22,23)/i1+1D3. The Bertz CT molecular complexity index is 1010. The Balaban J connectivity index is 1.95. The number of rotatable bonds is 3. The van der Waals surface area contributed by atoms with E-state index < -0.39 is 28.8 Å². The van der Waals surface area contributed by atoms with Crippen LogP contribution in [0.5, 0.6) is 0 Å². The van der Waals surface area contributed by atoms with Crippen molar-refractivity contribution < 1.29 is 17.3 Å². The number of anilines is 1. The van der Waals surface area contributed by atoms with Gasteiger partial charge in [-0.1, -0.05) is 29.8 Å². The van der Waals surface area contributed by atoms with Crippen molar-refractivity contribution in [2.45, 2.75) is 24.2 Å². The Morgan fingerprint density at radius 1 is 1.38 bits per heavy atom. The van der Waals surface area contributed by atoms with Crippen molar-refractivity contribution in [2.75, 3.05) is 5.01 Å². The van der Waals surface area contributed by atoms with Crippen LogP contribution < -0.4 is 15.6 Å². The van der Waals surface area contributed by atoms with Crippen molar-refractivity contribution in [1.29, 1.82) is 0 Å². The van der Waals surface area contributed by atoms with Gasteiger partial charge in [-0.3, -0.25) is 15.2 Å². The molecule has 0 saturated carbocycles. The van der Waals surface area contributed by atoms with E-state index in [0.29, 0.717) is 5.69 Å². The molecule has 126 valence electrons. The molecule has 0 aliphatic carbocycles. The van der Waals surface area contributed by atoms with Crippen LogP contribution in [0, 0.1) is 0 Å². The molecule has 2 aromatic rings. The number of primary sulfonamides is 1. The molecule has 1 amide bonds. The quantitative estimate of drug-likeness (QED) is 0.810. The molecule has 0 saturated heterocycles. The van der Waals surface area contributed by atoms with Crippen molar-refractivity contribution >= 4 is 33.2 Å². The molecule has 0 aromatic heterocycles. The van der Waals surface area contributed by atoms with Gasteiger partial charge in [-0.25, -0.2) is 13.6 Å². The third-order valence-electron chi connectivity index (χ3n) is 3.70. The molecule has 1 heterocycles. The SMILES string of the molecule is [2H][13C]([2H])([2H])C1Cc2ccccc2N1NC(=O)c1ccc(Cl)c(S(N)(=O)=O)c1. The summed E-state index contributed by atoms with van der Waals surface area (Å²) in [6, 6.07) is 9.72. The highest BCUT2D eigenvalue weighted by Crippen LogP contribution is 2.30. The van der Waals surface area contributed by atoms with Crippen molar-refractivity contribution in [3.63, 3.8) is 0 Å². The first-order valence-electron chi connectivity index (χ1n) is 8.49. The van der Waals surface area contributed by atoms with Crippen LogP contribution in [0.25, 0.3) is 0 Å². The third kappa shape index (κ3) is 3.10. The maximum absolute atomic E-state index is 12.7. The lowest BCUT2D eigenvalue weighted by Gasteiger charge is -2.25. The van der Waals surface area contributed by atoms with Crippen molar-refractivity contribution in [3.8, 4) is 0 Å². The zero-order valence-electron chi connectivity index (χ0n) is 15.4. The highest BCUT2D eigenvalue weighted by Gasteiger charge is 2.27. The number of carbonyl (C=O) groups is 1. The number of nitrogens with zero attached hydrogens (tertiary/aromatic N) is 1. The van der Waals surface area contributed by atoms with Crippen molar-refractivity contribution in [1.82, 2.24) is 5.43 Å². The zero-order valence-corrected chi connectivity index (χ0v) is 13.9. The Morgan fingerprint density at radius 3 is 2.83 bits per heavy atom. The van der Waals surface area contributed by atoms with Crippen LogP contribution in [-0.2, 0) is 16.4 Å². The van der Waals surface area contributed by atoms with Gasteiger partial charge in [0.2, 0.25) is 10.0 Å².